The lowest BCUT2D eigenvalue weighted by Crippen LogP contribution is -3.00. The van der Waals surface area contributed by atoms with Crippen LogP contribution in [0.4, 0.5) is 14.5 Å². The standard InChI is InChI=1S/C21H10Cl4F2N2S.ClH/c22-12-2-6-19(16(25)8-12)28-21-29(13-3-5-18(27)15(24)9-13)20(10-30-21)11-1-4-17(26)14(23)7-11;/h1-10H;1H/p-1. The first-order valence-electron chi connectivity index (χ1n) is 8.44. The first-order chi connectivity index (χ1) is 14.3. The average molecular weight is 538 g/mol. The molecule has 3 aromatic carbocycles. The zero-order valence-electron chi connectivity index (χ0n) is 15.2. The Hall–Kier alpha value is -1.60. The van der Waals surface area contributed by atoms with Gasteiger partial charge in [0.1, 0.15) is 11.6 Å². The van der Waals surface area contributed by atoms with Gasteiger partial charge in [-0.25, -0.2) is 13.8 Å². The molecule has 0 atom stereocenters. The highest BCUT2D eigenvalue weighted by atomic mass is 35.5. The Morgan fingerprint density at radius 1 is 0.774 bits per heavy atom. The van der Waals surface area contributed by atoms with Crippen LogP contribution in [0.5, 0.6) is 0 Å². The van der Waals surface area contributed by atoms with Crippen LogP contribution < -0.4 is 17.2 Å². The van der Waals surface area contributed by atoms with Gasteiger partial charge in [-0.2, -0.15) is 0 Å². The second kappa shape index (κ2) is 9.90. The first kappa shape index (κ1) is 24.1. The Labute approximate surface area is 206 Å². The lowest BCUT2D eigenvalue weighted by Gasteiger charge is -2.11. The van der Waals surface area contributed by atoms with Crippen LogP contribution in [0.15, 0.2) is 65.0 Å². The maximum atomic E-state index is 13.7. The molecule has 0 spiro atoms. The van der Waals surface area contributed by atoms with E-state index in [1.807, 2.05) is 5.38 Å². The van der Waals surface area contributed by atoms with Crippen molar-refractivity contribution in [3.8, 4) is 16.9 Å². The van der Waals surface area contributed by atoms with Gasteiger partial charge in [0.2, 0.25) is 0 Å². The summed E-state index contributed by atoms with van der Waals surface area (Å²) in [5, 5.41) is 2.66. The molecule has 1 heterocycles. The van der Waals surface area contributed by atoms with E-state index in [9.17, 15) is 8.78 Å². The molecular formula is C21H10Cl5F2N2S-. The molecule has 1 aromatic heterocycles. The van der Waals surface area contributed by atoms with Gasteiger partial charge < -0.3 is 12.4 Å². The third-order valence-electron chi connectivity index (χ3n) is 4.21. The van der Waals surface area contributed by atoms with Gasteiger partial charge in [0.25, 0.3) is 0 Å². The van der Waals surface area contributed by atoms with Gasteiger partial charge in [-0.15, -0.1) is 11.3 Å². The number of rotatable bonds is 3. The van der Waals surface area contributed by atoms with Crippen molar-refractivity contribution in [3.63, 3.8) is 0 Å². The molecule has 0 amide bonds. The molecule has 160 valence electrons. The third-order valence-corrected chi connectivity index (χ3v) is 6.15. The molecule has 0 bridgehead atoms. The van der Waals surface area contributed by atoms with Crippen molar-refractivity contribution in [2.75, 3.05) is 0 Å². The van der Waals surface area contributed by atoms with Crippen molar-refractivity contribution in [1.82, 2.24) is 4.57 Å². The molecule has 0 radical (unpaired) electrons. The first-order valence-corrected chi connectivity index (χ1v) is 10.8. The van der Waals surface area contributed by atoms with E-state index in [0.29, 0.717) is 37.5 Å². The summed E-state index contributed by atoms with van der Waals surface area (Å²) in [6.45, 7) is 0. The van der Waals surface area contributed by atoms with Crippen LogP contribution >= 0.6 is 57.7 Å². The maximum absolute atomic E-state index is 13.7. The van der Waals surface area contributed by atoms with Crippen molar-refractivity contribution in [3.05, 3.63) is 96.5 Å². The molecule has 0 aliphatic heterocycles. The highest BCUT2D eigenvalue weighted by Gasteiger charge is 2.14. The summed E-state index contributed by atoms with van der Waals surface area (Å²) in [5.41, 5.74) is 2.41. The molecule has 0 aliphatic rings. The van der Waals surface area contributed by atoms with Gasteiger partial charge in [-0.1, -0.05) is 46.4 Å². The van der Waals surface area contributed by atoms with Gasteiger partial charge in [-0.3, -0.25) is 4.57 Å². The van der Waals surface area contributed by atoms with E-state index in [4.69, 9.17) is 46.4 Å². The van der Waals surface area contributed by atoms with Gasteiger partial charge in [0.05, 0.1) is 32.1 Å². The smallest absolute Gasteiger partial charge is 0.195 e. The molecule has 0 saturated carbocycles. The zero-order valence-corrected chi connectivity index (χ0v) is 19.8. The Morgan fingerprint density at radius 3 is 2.10 bits per heavy atom. The summed E-state index contributed by atoms with van der Waals surface area (Å²) >= 11 is 25.6. The van der Waals surface area contributed by atoms with E-state index in [1.54, 1.807) is 34.9 Å². The third kappa shape index (κ3) is 5.08. The number of aromatic nitrogens is 1. The molecule has 2 nitrogen and oxygen atoms in total. The van der Waals surface area contributed by atoms with Crippen molar-refractivity contribution >= 4 is 63.4 Å². The number of thiazole rings is 1. The molecule has 10 heteroatoms. The Kier molecular flexibility index (Phi) is 7.68. The predicted molar refractivity (Wildman–Crippen MR) is 121 cm³/mol. The SMILES string of the molecule is Fc1ccc(-c2csc(=Nc3ccc(Cl)cc3Cl)n2-c2ccc(F)c(Cl)c2)cc1Cl.[Cl-]. The van der Waals surface area contributed by atoms with Crippen LogP contribution in [0, 0.1) is 11.6 Å². The van der Waals surface area contributed by atoms with Crippen molar-refractivity contribution < 1.29 is 21.2 Å². The lowest BCUT2D eigenvalue weighted by atomic mass is 10.1. The van der Waals surface area contributed by atoms with Gasteiger partial charge >= 0.3 is 0 Å². The fourth-order valence-corrected chi connectivity index (χ4v) is 4.52. The Balaban J connectivity index is 0.00000272. The van der Waals surface area contributed by atoms with Gasteiger partial charge in [0, 0.05) is 16.0 Å². The van der Waals surface area contributed by atoms with E-state index < -0.39 is 11.6 Å². The van der Waals surface area contributed by atoms with Crippen molar-refractivity contribution in [1.29, 1.82) is 0 Å². The number of hydrogen-bond donors (Lipinski definition) is 0. The normalized spacial score (nSPS) is 11.5. The van der Waals surface area contributed by atoms with Gasteiger partial charge in [0.15, 0.2) is 4.80 Å². The van der Waals surface area contributed by atoms with E-state index in [0.717, 1.165) is 0 Å². The van der Waals surface area contributed by atoms with E-state index >= 15 is 0 Å². The highest BCUT2D eigenvalue weighted by Crippen LogP contribution is 2.31. The minimum Gasteiger partial charge on any atom is -1.00 e. The van der Waals surface area contributed by atoms with Crippen LogP contribution in [-0.2, 0) is 0 Å². The molecule has 0 unspecified atom stereocenters. The largest absolute Gasteiger partial charge is 1.00 e. The number of halogens is 7. The maximum Gasteiger partial charge on any atom is 0.195 e. The molecule has 0 aliphatic carbocycles. The molecule has 4 rings (SSSR count). The van der Waals surface area contributed by atoms with Crippen LogP contribution in [0.3, 0.4) is 0 Å². The van der Waals surface area contributed by atoms with Crippen LogP contribution in [-0.4, -0.2) is 4.57 Å². The molecule has 31 heavy (non-hydrogen) atoms. The minimum atomic E-state index is -0.540. The average Bonchev–Trinajstić information content (AvgIpc) is 3.12. The van der Waals surface area contributed by atoms with Crippen LogP contribution in [0.2, 0.25) is 20.1 Å². The fourth-order valence-electron chi connectivity index (χ4n) is 2.79. The predicted octanol–water partition coefficient (Wildman–Crippen LogP) is 5.33. The fraction of sp³-hybridized carbons (Fsp3) is 0. The van der Waals surface area contributed by atoms with E-state index in [-0.39, 0.29) is 22.5 Å². The Morgan fingerprint density at radius 2 is 1.45 bits per heavy atom. The number of hydrogen-bond acceptors (Lipinski definition) is 2. The Bertz CT molecular complexity index is 1330. The molecule has 0 fully saturated rings. The second-order valence-corrected chi connectivity index (χ2v) is 8.67. The van der Waals surface area contributed by atoms with E-state index in [2.05, 4.69) is 4.99 Å². The lowest BCUT2D eigenvalue weighted by molar-refractivity contribution is -0.00000667. The molecule has 0 N–H and O–H groups in total. The highest BCUT2D eigenvalue weighted by molar-refractivity contribution is 7.07. The summed E-state index contributed by atoms with van der Waals surface area (Å²) in [5.74, 6) is -1.06. The monoisotopic (exact) mass is 535 g/mol. The topological polar surface area (TPSA) is 17.3 Å². The number of nitrogens with zero attached hydrogens (tertiary/aromatic N) is 2. The van der Waals surface area contributed by atoms with Crippen LogP contribution in [0.1, 0.15) is 0 Å². The summed E-state index contributed by atoms with van der Waals surface area (Å²) in [6, 6.07) is 13.7. The van der Waals surface area contributed by atoms with Gasteiger partial charge in [-0.05, 0) is 54.6 Å². The molecule has 4 aromatic rings. The van der Waals surface area contributed by atoms with Crippen molar-refractivity contribution in [2.24, 2.45) is 4.99 Å². The van der Waals surface area contributed by atoms with Crippen molar-refractivity contribution in [2.45, 2.75) is 0 Å². The minimum absolute atomic E-state index is 0. The summed E-state index contributed by atoms with van der Waals surface area (Å²) in [4.78, 5) is 5.18. The second-order valence-electron chi connectivity index (χ2n) is 6.17. The molecule has 0 saturated heterocycles. The number of benzene rings is 3. The van der Waals surface area contributed by atoms with E-state index in [1.165, 1.54) is 35.6 Å². The van der Waals surface area contributed by atoms with Crippen LogP contribution in [0.25, 0.3) is 16.9 Å². The summed E-state index contributed by atoms with van der Waals surface area (Å²) < 4.78 is 29.2. The summed E-state index contributed by atoms with van der Waals surface area (Å²) in [7, 11) is 0. The zero-order chi connectivity index (χ0) is 21.4. The summed E-state index contributed by atoms with van der Waals surface area (Å²) in [6.07, 6.45) is 0. The molecular weight excluding hydrogens is 528 g/mol. The quantitative estimate of drug-likeness (QED) is 0.336.